The van der Waals surface area contributed by atoms with Crippen molar-refractivity contribution in [2.45, 2.75) is 41.2 Å². The van der Waals surface area contributed by atoms with Crippen molar-refractivity contribution >= 4 is 40.0 Å². The molecule has 4 N–H and O–H groups in total. The molecular formula is C94H106N12O10. The number of ether oxygens (including phenoxy) is 6. The number of carbonyl (C=O) groups excluding carboxylic acids is 1. The zero-order valence-corrected chi connectivity index (χ0v) is 69.9. The lowest BCUT2D eigenvalue weighted by Crippen LogP contribution is -2.21. The number of anilines is 6. The van der Waals surface area contributed by atoms with Gasteiger partial charge in [0.05, 0.1) is 76.8 Å². The first-order chi connectivity index (χ1) is 56.0. The molecule has 3 aromatic heterocycles. The maximum Gasteiger partial charge on any atom is 0.264 e. The van der Waals surface area contributed by atoms with Gasteiger partial charge in [0.25, 0.3) is 5.91 Å². The second-order valence-electron chi connectivity index (χ2n) is 28.2. The number of hydrogen-bond donors (Lipinski definition) is 4. The summed E-state index contributed by atoms with van der Waals surface area (Å²) in [6.07, 6.45) is 0. The highest BCUT2D eigenvalue weighted by atomic mass is 16.5. The maximum atomic E-state index is 14.4. The zero-order chi connectivity index (χ0) is 83.2. The fraction of sp³-hybridized carbons (Fsp3) is 0.255. The normalized spacial score (nSPS) is 10.9. The van der Waals surface area contributed by atoms with E-state index in [1.54, 1.807) is 41.0 Å². The van der Waals surface area contributed by atoms with E-state index in [2.05, 4.69) is 161 Å². The van der Waals surface area contributed by atoms with Crippen LogP contribution in [0.2, 0.25) is 0 Å². The van der Waals surface area contributed by atoms with Gasteiger partial charge in [-0.3, -0.25) is 9.36 Å². The molecule has 0 saturated heterocycles. The number of nitrogens with zero attached hydrogens (tertiary/aromatic N) is 11. The van der Waals surface area contributed by atoms with Crippen LogP contribution in [0.1, 0.15) is 45.0 Å². The van der Waals surface area contributed by atoms with E-state index in [4.69, 9.17) is 43.4 Å². The minimum atomic E-state index is -0.244. The molecule has 22 heteroatoms. The number of carbonyl (C=O) groups is 1. The zero-order valence-electron chi connectivity index (χ0n) is 69.9. The van der Waals surface area contributed by atoms with Crippen LogP contribution in [0.15, 0.2) is 212 Å². The molecule has 0 radical (unpaired) electrons. The Bertz CT molecular complexity index is 5320. The topological polar surface area (TPSA) is 217 Å². The molecule has 0 spiro atoms. The molecule has 22 nitrogen and oxygen atoms in total. The minimum Gasteiger partial charge on any atom is -0.502 e. The number of aromatic nitrogens is 6. The molecule has 0 saturated carbocycles. The van der Waals surface area contributed by atoms with Gasteiger partial charge in [0.1, 0.15) is 17.5 Å². The summed E-state index contributed by atoms with van der Waals surface area (Å²) >= 11 is 0. The first-order valence-corrected chi connectivity index (χ1v) is 38.6. The predicted octanol–water partition coefficient (Wildman–Crippen LogP) is 19.0. The molecule has 3 heterocycles. The monoisotopic (exact) mass is 1560 g/mol. The number of nitrogens with one attached hydrogen (secondary N) is 1. The predicted molar refractivity (Wildman–Crippen MR) is 473 cm³/mol. The highest BCUT2D eigenvalue weighted by molar-refractivity contribution is 6.03. The molecule has 13 rings (SSSR count). The largest absolute Gasteiger partial charge is 0.502 e. The number of H-pyrrole nitrogens is 1. The van der Waals surface area contributed by atoms with Gasteiger partial charge in [-0.25, -0.2) is 15.0 Å². The van der Waals surface area contributed by atoms with Gasteiger partial charge in [-0.1, -0.05) is 91.0 Å². The standard InChI is InChI=1S/C34H34N4O4.C33H42N4O3.C27H30N4O3/c1-36(2)26-16-12-22(13-17-26)30-31(23-14-18-27(19-15-23)37(3)4)38(34(40)24-10-8-7-9-11-24)33(35-30)25-20-28(41-5)32(39)29(21-25)42-6;1-8-35(9-2)26-17-13-23(14-18-26)30-31(24-15-19-27(20-16-24)36(10-3)11-4)37(12-5)33(34-30)25-21-28(39-6)32(38)29(22-25)40-7;1-30(2)20-11-7-17(8-12-20)24-25(18-9-13-21(14-10-18)31(3)4)29-27(28-24)19-15-22(33-5)26(32)23(16-19)34-6/h7-21,39H,1-6H3;13-22,38H,8-12H2,1-7H3;7-16,32H,1-6H3,(H,28,29). The highest BCUT2D eigenvalue weighted by Gasteiger charge is 2.30. The second kappa shape index (κ2) is 37.4. The van der Waals surface area contributed by atoms with E-state index in [0.29, 0.717) is 63.7 Å². The van der Waals surface area contributed by atoms with Gasteiger partial charge in [-0.15, -0.1) is 0 Å². The first kappa shape index (κ1) is 83.4. The molecule has 10 aromatic carbocycles. The van der Waals surface area contributed by atoms with Gasteiger partial charge in [0, 0.05) is 179 Å². The Morgan fingerprint density at radius 2 is 0.647 bits per heavy atom. The average Bonchev–Trinajstić information content (AvgIpc) is 1.59. The van der Waals surface area contributed by atoms with E-state index in [9.17, 15) is 20.1 Å². The molecule has 602 valence electrons. The van der Waals surface area contributed by atoms with E-state index >= 15 is 0 Å². The van der Waals surface area contributed by atoms with Gasteiger partial charge in [-0.2, -0.15) is 0 Å². The van der Waals surface area contributed by atoms with Crippen molar-refractivity contribution in [2.24, 2.45) is 0 Å². The van der Waals surface area contributed by atoms with Crippen LogP contribution in [0, 0.1) is 0 Å². The Labute approximate surface area is 681 Å². The number of rotatable bonds is 27. The molecule has 0 amide bonds. The van der Waals surface area contributed by atoms with Crippen LogP contribution in [0.5, 0.6) is 51.7 Å². The molecule has 0 unspecified atom stereocenters. The van der Waals surface area contributed by atoms with Crippen molar-refractivity contribution in [3.8, 4) is 153 Å². The van der Waals surface area contributed by atoms with Gasteiger partial charge in [-0.05, 0) is 156 Å². The van der Waals surface area contributed by atoms with Crippen molar-refractivity contribution < 1.29 is 48.5 Å². The summed E-state index contributed by atoms with van der Waals surface area (Å²) in [7, 11) is 25.1. The summed E-state index contributed by atoms with van der Waals surface area (Å²) in [6, 6.07) is 69.7. The molecule has 13 aromatic rings. The van der Waals surface area contributed by atoms with E-state index in [1.807, 2.05) is 145 Å². The van der Waals surface area contributed by atoms with Crippen molar-refractivity contribution in [3.05, 3.63) is 218 Å². The van der Waals surface area contributed by atoms with Crippen LogP contribution < -0.4 is 57.8 Å². The number of phenols is 3. The fourth-order valence-corrected chi connectivity index (χ4v) is 14.0. The molecular weight excluding hydrogens is 1460 g/mol. The average molecular weight is 1560 g/mol. The van der Waals surface area contributed by atoms with Crippen LogP contribution in [0.25, 0.3) is 102 Å². The van der Waals surface area contributed by atoms with Crippen molar-refractivity contribution in [3.63, 3.8) is 0 Å². The Morgan fingerprint density at radius 3 is 0.991 bits per heavy atom. The number of phenolic OH excluding ortho intramolecular Hbond substituents is 3. The minimum absolute atomic E-state index is 0.0252. The van der Waals surface area contributed by atoms with E-state index in [0.717, 1.165) is 122 Å². The third-order valence-electron chi connectivity index (χ3n) is 20.5. The Morgan fingerprint density at radius 1 is 0.345 bits per heavy atom. The Kier molecular flexibility index (Phi) is 26.9. The lowest BCUT2D eigenvalue weighted by molar-refractivity contribution is 0.0963. The Hall–Kier alpha value is -13.5. The summed E-state index contributed by atoms with van der Waals surface area (Å²) in [5.74, 6) is 3.12. The molecule has 0 aliphatic carbocycles. The molecule has 0 aliphatic rings. The Balaban J connectivity index is 0.000000172. The number of hydrogen-bond acceptors (Lipinski definition) is 19. The number of benzene rings is 10. The third kappa shape index (κ3) is 17.8. The molecule has 0 bridgehead atoms. The van der Waals surface area contributed by atoms with Gasteiger partial charge < -0.3 is 82.7 Å². The highest BCUT2D eigenvalue weighted by Crippen LogP contribution is 2.47. The van der Waals surface area contributed by atoms with Crippen LogP contribution >= 0.6 is 0 Å². The third-order valence-corrected chi connectivity index (χ3v) is 20.5. The molecule has 116 heavy (non-hydrogen) atoms. The number of methoxy groups -OCH3 is 6. The van der Waals surface area contributed by atoms with Crippen molar-refractivity contribution in [1.82, 2.24) is 29.1 Å². The smallest absolute Gasteiger partial charge is 0.264 e. The van der Waals surface area contributed by atoms with Crippen molar-refractivity contribution in [2.75, 3.05) is 155 Å². The molecule has 0 aliphatic heterocycles. The summed E-state index contributed by atoms with van der Waals surface area (Å²) in [6.45, 7) is 15.4. The second-order valence-corrected chi connectivity index (χ2v) is 28.2. The quantitative estimate of drug-likeness (QED) is 0.0376. The van der Waals surface area contributed by atoms with E-state index in [-0.39, 0.29) is 34.7 Å². The fourth-order valence-electron chi connectivity index (χ4n) is 14.0. The summed E-state index contributed by atoms with van der Waals surface area (Å²) in [5, 5.41) is 31.5. The molecule has 0 fully saturated rings. The lowest BCUT2D eigenvalue weighted by atomic mass is 10.0. The van der Waals surface area contributed by atoms with E-state index in [1.165, 1.54) is 54.0 Å². The van der Waals surface area contributed by atoms with Crippen LogP contribution in [-0.2, 0) is 6.54 Å². The van der Waals surface area contributed by atoms with Gasteiger partial charge in [0.15, 0.2) is 34.5 Å². The summed E-state index contributed by atoms with van der Waals surface area (Å²) in [5.41, 5.74) is 20.1. The van der Waals surface area contributed by atoms with Crippen LogP contribution in [0.3, 0.4) is 0 Å². The van der Waals surface area contributed by atoms with Gasteiger partial charge >= 0.3 is 0 Å². The number of aromatic hydroxyl groups is 3. The summed E-state index contributed by atoms with van der Waals surface area (Å²) < 4.78 is 36.4. The van der Waals surface area contributed by atoms with E-state index < -0.39 is 0 Å². The lowest BCUT2D eigenvalue weighted by Gasteiger charge is -2.21. The number of aromatic amines is 1. The number of imidazole rings is 3. The SMILES string of the molecule is CCN(CC)c1ccc(-c2nc(-c3cc(OC)c(O)c(OC)c3)n(CC)c2-c2ccc(N(CC)CC)cc2)cc1.COc1cc(-c2nc(-c3ccc(N(C)C)cc3)c(-c3ccc(N(C)C)cc3)[nH]2)cc(OC)c1O.COc1cc(-c2nc(-c3ccc(N(C)C)cc3)c(-c3ccc(N(C)C)cc3)n2C(=O)c2ccccc2)cc(OC)c1O. The summed E-state index contributed by atoms with van der Waals surface area (Å²) in [4.78, 5) is 46.0. The van der Waals surface area contributed by atoms with Gasteiger partial charge in [0.2, 0.25) is 17.2 Å². The molecule has 0 atom stereocenters. The van der Waals surface area contributed by atoms with Crippen LogP contribution in [0.4, 0.5) is 34.1 Å². The maximum absolute atomic E-state index is 14.4. The first-order valence-electron chi connectivity index (χ1n) is 38.6. The van der Waals surface area contributed by atoms with Crippen molar-refractivity contribution in [1.29, 1.82) is 0 Å². The van der Waals surface area contributed by atoms with Crippen LogP contribution in [-0.4, -0.2) is 176 Å².